The number of carbonyl (C=O) groups excluding carboxylic acids is 1. The van der Waals surface area contributed by atoms with Gasteiger partial charge in [-0.1, -0.05) is 0 Å². The molecule has 0 bridgehead atoms. The minimum atomic E-state index is -0.908. The van der Waals surface area contributed by atoms with Gasteiger partial charge in [0.25, 0.3) is 5.91 Å². The molecular weight excluding hydrogens is 298 g/mol. The molecule has 1 aromatic carbocycles. The van der Waals surface area contributed by atoms with Gasteiger partial charge in [-0.2, -0.15) is 0 Å². The number of carboxylic acids is 1. The number of hydrogen-bond acceptors (Lipinski definition) is 4. The highest BCUT2D eigenvalue weighted by molar-refractivity contribution is 5.94. The molecular formula is C17H23NO5. The van der Waals surface area contributed by atoms with E-state index in [9.17, 15) is 9.59 Å². The van der Waals surface area contributed by atoms with E-state index in [1.165, 1.54) is 4.90 Å². The summed E-state index contributed by atoms with van der Waals surface area (Å²) < 4.78 is 11.2. The Bertz CT molecular complexity index is 522. The van der Waals surface area contributed by atoms with Crippen molar-refractivity contribution < 1.29 is 24.2 Å². The summed E-state index contributed by atoms with van der Waals surface area (Å²) in [7, 11) is 0. The Hall–Kier alpha value is -2.08. The maximum absolute atomic E-state index is 12.3. The van der Waals surface area contributed by atoms with Crippen molar-refractivity contribution in [2.75, 3.05) is 26.3 Å². The van der Waals surface area contributed by atoms with Gasteiger partial charge in [0.05, 0.1) is 12.5 Å². The van der Waals surface area contributed by atoms with Crippen molar-refractivity contribution >= 4 is 11.9 Å². The lowest BCUT2D eigenvalue weighted by Gasteiger charge is -2.20. The zero-order valence-corrected chi connectivity index (χ0v) is 13.4. The summed E-state index contributed by atoms with van der Waals surface area (Å²) >= 11 is 0. The molecule has 6 heteroatoms. The Morgan fingerprint density at radius 1 is 1.35 bits per heavy atom. The van der Waals surface area contributed by atoms with E-state index in [2.05, 4.69) is 0 Å². The second kappa shape index (κ2) is 8.53. The Balaban J connectivity index is 1.88. The third-order valence-electron chi connectivity index (χ3n) is 3.83. The number of rotatable bonds is 8. The number of amides is 1. The molecule has 23 heavy (non-hydrogen) atoms. The lowest BCUT2D eigenvalue weighted by molar-refractivity contribution is -0.137. The Morgan fingerprint density at radius 2 is 2.09 bits per heavy atom. The van der Waals surface area contributed by atoms with Crippen LogP contribution in [0.2, 0.25) is 0 Å². The number of benzene rings is 1. The Morgan fingerprint density at radius 3 is 2.65 bits per heavy atom. The SMILES string of the molecule is CCN(CCC(=O)O)C(=O)c1ccc(OCC2CCCO2)cc1. The maximum Gasteiger partial charge on any atom is 0.305 e. The monoisotopic (exact) mass is 321 g/mol. The summed E-state index contributed by atoms with van der Waals surface area (Å²) in [6.45, 7) is 3.84. The molecule has 6 nitrogen and oxygen atoms in total. The molecule has 0 radical (unpaired) electrons. The second-order valence-electron chi connectivity index (χ2n) is 5.50. The van der Waals surface area contributed by atoms with Crippen LogP contribution in [-0.2, 0) is 9.53 Å². The number of aliphatic carboxylic acids is 1. The van der Waals surface area contributed by atoms with Crippen molar-refractivity contribution in [3.05, 3.63) is 29.8 Å². The molecule has 1 atom stereocenters. The van der Waals surface area contributed by atoms with Crippen molar-refractivity contribution in [1.82, 2.24) is 4.90 Å². The highest BCUT2D eigenvalue weighted by Gasteiger charge is 2.17. The van der Waals surface area contributed by atoms with Gasteiger partial charge in [0.2, 0.25) is 0 Å². The zero-order chi connectivity index (χ0) is 16.7. The molecule has 0 aliphatic carbocycles. The van der Waals surface area contributed by atoms with Crippen LogP contribution >= 0.6 is 0 Å². The van der Waals surface area contributed by atoms with Gasteiger partial charge in [-0.25, -0.2) is 0 Å². The van der Waals surface area contributed by atoms with Crippen molar-refractivity contribution in [2.24, 2.45) is 0 Å². The minimum Gasteiger partial charge on any atom is -0.491 e. The average molecular weight is 321 g/mol. The fourth-order valence-corrected chi connectivity index (χ4v) is 2.48. The number of hydrogen-bond donors (Lipinski definition) is 1. The molecule has 1 N–H and O–H groups in total. The van der Waals surface area contributed by atoms with E-state index in [0.29, 0.717) is 24.5 Å². The first-order valence-electron chi connectivity index (χ1n) is 7.95. The second-order valence-corrected chi connectivity index (χ2v) is 5.50. The van der Waals surface area contributed by atoms with Crippen LogP contribution in [0.1, 0.15) is 36.5 Å². The maximum atomic E-state index is 12.3. The molecule has 1 fully saturated rings. The van der Waals surface area contributed by atoms with Gasteiger partial charge < -0.3 is 19.5 Å². The zero-order valence-electron chi connectivity index (χ0n) is 13.4. The van der Waals surface area contributed by atoms with Crippen molar-refractivity contribution in [3.8, 4) is 5.75 Å². The first-order valence-corrected chi connectivity index (χ1v) is 7.95. The van der Waals surface area contributed by atoms with Crippen molar-refractivity contribution in [1.29, 1.82) is 0 Å². The van der Waals surface area contributed by atoms with Crippen molar-refractivity contribution in [3.63, 3.8) is 0 Å². The molecule has 1 aliphatic heterocycles. The van der Waals surface area contributed by atoms with Gasteiger partial charge in [0, 0.05) is 25.3 Å². The normalized spacial score (nSPS) is 17.0. The minimum absolute atomic E-state index is 0.0534. The third kappa shape index (κ3) is 5.25. The van der Waals surface area contributed by atoms with Gasteiger partial charge in [0.15, 0.2) is 0 Å². The fraction of sp³-hybridized carbons (Fsp3) is 0.529. The number of ether oxygens (including phenoxy) is 2. The quantitative estimate of drug-likeness (QED) is 0.794. The summed E-state index contributed by atoms with van der Waals surface area (Å²) in [5, 5.41) is 8.73. The standard InChI is InChI=1S/C17H23NO5/c1-2-18(10-9-16(19)20)17(21)13-5-7-14(8-6-13)23-12-15-4-3-11-22-15/h5-8,15H,2-4,9-12H2,1H3,(H,19,20). The van der Waals surface area contributed by atoms with Gasteiger partial charge in [0.1, 0.15) is 12.4 Å². The first kappa shape index (κ1) is 17.3. The Kier molecular flexibility index (Phi) is 6.40. The molecule has 1 saturated heterocycles. The lowest BCUT2D eigenvalue weighted by Crippen LogP contribution is -2.32. The van der Waals surface area contributed by atoms with Gasteiger partial charge in [-0.15, -0.1) is 0 Å². The summed E-state index contributed by atoms with van der Waals surface area (Å²) in [5.41, 5.74) is 0.529. The van der Waals surface area contributed by atoms with E-state index in [-0.39, 0.29) is 25.0 Å². The van der Waals surface area contributed by atoms with E-state index >= 15 is 0 Å². The van der Waals surface area contributed by atoms with Crippen LogP contribution in [0.15, 0.2) is 24.3 Å². The largest absolute Gasteiger partial charge is 0.491 e. The fourth-order valence-electron chi connectivity index (χ4n) is 2.48. The highest BCUT2D eigenvalue weighted by atomic mass is 16.5. The summed E-state index contributed by atoms with van der Waals surface area (Å²) in [6.07, 6.45) is 2.20. The molecule has 0 saturated carbocycles. The molecule has 1 aliphatic rings. The van der Waals surface area contributed by atoms with Crippen LogP contribution in [-0.4, -0.2) is 54.3 Å². The number of carbonyl (C=O) groups is 2. The van der Waals surface area contributed by atoms with Crippen LogP contribution in [0.3, 0.4) is 0 Å². The lowest BCUT2D eigenvalue weighted by atomic mass is 10.2. The molecule has 1 unspecified atom stereocenters. The van der Waals surface area contributed by atoms with Crippen molar-refractivity contribution in [2.45, 2.75) is 32.3 Å². The Labute approximate surface area is 136 Å². The third-order valence-corrected chi connectivity index (χ3v) is 3.83. The average Bonchev–Trinajstić information content (AvgIpc) is 3.07. The van der Waals surface area contributed by atoms with E-state index < -0.39 is 5.97 Å². The number of carboxylic acid groups (broad SMARTS) is 1. The summed E-state index contributed by atoms with van der Waals surface area (Å²) in [6, 6.07) is 6.92. The predicted molar refractivity (Wildman–Crippen MR) is 84.7 cm³/mol. The van der Waals surface area contributed by atoms with E-state index in [1.807, 2.05) is 6.92 Å². The van der Waals surface area contributed by atoms with Gasteiger partial charge in [-0.05, 0) is 44.0 Å². The van der Waals surface area contributed by atoms with Gasteiger partial charge >= 0.3 is 5.97 Å². The van der Waals surface area contributed by atoms with Crippen LogP contribution in [0.25, 0.3) is 0 Å². The van der Waals surface area contributed by atoms with Crippen LogP contribution in [0.4, 0.5) is 0 Å². The van der Waals surface area contributed by atoms with E-state index in [0.717, 1.165) is 19.4 Å². The highest BCUT2D eigenvalue weighted by Crippen LogP contribution is 2.17. The smallest absolute Gasteiger partial charge is 0.305 e. The van der Waals surface area contributed by atoms with Crippen LogP contribution in [0.5, 0.6) is 5.75 Å². The topological polar surface area (TPSA) is 76.1 Å². The summed E-state index contributed by atoms with van der Waals surface area (Å²) in [4.78, 5) is 24.5. The molecule has 0 spiro atoms. The van der Waals surface area contributed by atoms with E-state index in [4.69, 9.17) is 14.6 Å². The molecule has 1 heterocycles. The van der Waals surface area contributed by atoms with Crippen LogP contribution in [0, 0.1) is 0 Å². The molecule has 0 aromatic heterocycles. The molecule has 1 amide bonds. The van der Waals surface area contributed by atoms with Gasteiger partial charge in [-0.3, -0.25) is 9.59 Å². The molecule has 2 rings (SSSR count). The van der Waals surface area contributed by atoms with Crippen LogP contribution < -0.4 is 4.74 Å². The van der Waals surface area contributed by atoms with E-state index in [1.54, 1.807) is 24.3 Å². The first-order chi connectivity index (χ1) is 11.1. The summed E-state index contributed by atoms with van der Waals surface area (Å²) in [5.74, 6) is -0.376. The predicted octanol–water partition coefficient (Wildman–Crippen LogP) is 2.18. The number of nitrogens with zero attached hydrogens (tertiary/aromatic N) is 1. The molecule has 1 aromatic rings. The molecule has 126 valence electrons.